The molecule has 0 heterocycles. The van der Waals surface area contributed by atoms with E-state index in [1.54, 1.807) is 0 Å². The Bertz CT molecular complexity index is 177. The summed E-state index contributed by atoms with van der Waals surface area (Å²) in [6.07, 6.45) is 7.18. The predicted molar refractivity (Wildman–Crippen MR) is 52.6 cm³/mol. The van der Waals surface area contributed by atoms with Gasteiger partial charge < -0.3 is 5.11 Å². The molecule has 1 atom stereocenters. The van der Waals surface area contributed by atoms with Crippen molar-refractivity contribution < 1.29 is 9.90 Å². The molecule has 1 N–H and O–H groups in total. The van der Waals surface area contributed by atoms with E-state index in [9.17, 15) is 9.90 Å². The van der Waals surface area contributed by atoms with E-state index in [1.807, 2.05) is 0 Å². The molecule has 2 nitrogen and oxygen atoms in total. The number of hydrogen-bond acceptors (Lipinski definition) is 2. The predicted octanol–water partition coefficient (Wildman–Crippen LogP) is 2.44. The summed E-state index contributed by atoms with van der Waals surface area (Å²) < 4.78 is 0. The van der Waals surface area contributed by atoms with E-state index in [0.717, 1.165) is 32.1 Å². The SMILES string of the molecule is CCCCCC1(O)CCCCC1=O. The van der Waals surface area contributed by atoms with Crippen molar-refractivity contribution in [2.45, 2.75) is 63.9 Å². The topological polar surface area (TPSA) is 37.3 Å². The Balaban J connectivity index is 2.38. The summed E-state index contributed by atoms with van der Waals surface area (Å²) in [5, 5.41) is 10.0. The lowest BCUT2D eigenvalue weighted by Crippen LogP contribution is -2.41. The van der Waals surface area contributed by atoms with Gasteiger partial charge in [0.1, 0.15) is 5.60 Å². The standard InChI is InChI=1S/C11H20O2/c1-2-3-5-8-11(13)9-6-4-7-10(11)12/h13H,2-9H2,1H3. The van der Waals surface area contributed by atoms with Gasteiger partial charge in [-0.2, -0.15) is 0 Å². The molecule has 0 aliphatic heterocycles. The van der Waals surface area contributed by atoms with Gasteiger partial charge in [0.25, 0.3) is 0 Å². The van der Waals surface area contributed by atoms with Gasteiger partial charge in [-0.05, 0) is 25.7 Å². The lowest BCUT2D eigenvalue weighted by molar-refractivity contribution is -0.141. The molecule has 1 saturated carbocycles. The summed E-state index contributed by atoms with van der Waals surface area (Å²) in [6.45, 7) is 2.13. The fourth-order valence-corrected chi connectivity index (χ4v) is 2.01. The first-order chi connectivity index (χ1) is 6.19. The van der Waals surface area contributed by atoms with E-state index < -0.39 is 5.60 Å². The molecule has 76 valence electrons. The Morgan fingerprint density at radius 1 is 1.38 bits per heavy atom. The third-order valence-corrected chi connectivity index (χ3v) is 2.96. The van der Waals surface area contributed by atoms with Crippen LogP contribution in [0.5, 0.6) is 0 Å². The Labute approximate surface area is 80.3 Å². The molecule has 1 aliphatic rings. The number of hydrogen-bond donors (Lipinski definition) is 1. The van der Waals surface area contributed by atoms with E-state index in [-0.39, 0.29) is 5.78 Å². The molecule has 1 fully saturated rings. The van der Waals surface area contributed by atoms with Crippen LogP contribution in [-0.4, -0.2) is 16.5 Å². The Hall–Kier alpha value is -0.370. The zero-order valence-electron chi connectivity index (χ0n) is 8.51. The molecular formula is C11H20O2. The Morgan fingerprint density at radius 3 is 2.77 bits per heavy atom. The Morgan fingerprint density at radius 2 is 2.15 bits per heavy atom. The lowest BCUT2D eigenvalue weighted by atomic mass is 9.80. The third-order valence-electron chi connectivity index (χ3n) is 2.96. The highest BCUT2D eigenvalue weighted by molar-refractivity contribution is 5.87. The summed E-state index contributed by atoms with van der Waals surface area (Å²) in [4.78, 5) is 11.5. The van der Waals surface area contributed by atoms with Gasteiger partial charge in [0, 0.05) is 6.42 Å². The summed E-state index contributed by atoms with van der Waals surface area (Å²) in [7, 11) is 0. The smallest absolute Gasteiger partial charge is 0.164 e. The first-order valence-corrected chi connectivity index (χ1v) is 5.45. The summed E-state index contributed by atoms with van der Waals surface area (Å²) in [5.41, 5.74) is -0.951. The van der Waals surface area contributed by atoms with Crippen LogP contribution in [0.1, 0.15) is 58.3 Å². The second-order valence-corrected chi connectivity index (χ2v) is 4.12. The van der Waals surface area contributed by atoms with Gasteiger partial charge in [-0.1, -0.05) is 26.2 Å². The highest BCUT2D eigenvalue weighted by Gasteiger charge is 2.36. The zero-order valence-corrected chi connectivity index (χ0v) is 8.51. The number of ketones is 1. The average Bonchev–Trinajstić information content (AvgIpc) is 2.11. The van der Waals surface area contributed by atoms with E-state index in [0.29, 0.717) is 19.3 Å². The van der Waals surface area contributed by atoms with E-state index in [1.165, 1.54) is 0 Å². The zero-order chi connectivity index (χ0) is 9.73. The maximum absolute atomic E-state index is 11.5. The fourth-order valence-electron chi connectivity index (χ4n) is 2.01. The van der Waals surface area contributed by atoms with E-state index >= 15 is 0 Å². The quantitative estimate of drug-likeness (QED) is 0.681. The number of rotatable bonds is 4. The molecule has 13 heavy (non-hydrogen) atoms. The second-order valence-electron chi connectivity index (χ2n) is 4.12. The van der Waals surface area contributed by atoms with Gasteiger partial charge >= 0.3 is 0 Å². The van der Waals surface area contributed by atoms with Crippen molar-refractivity contribution in [1.29, 1.82) is 0 Å². The molecule has 0 saturated heterocycles. The highest BCUT2D eigenvalue weighted by atomic mass is 16.3. The minimum Gasteiger partial charge on any atom is -0.382 e. The van der Waals surface area contributed by atoms with E-state index in [2.05, 4.69) is 6.92 Å². The minimum absolute atomic E-state index is 0.0786. The van der Waals surface area contributed by atoms with Crippen molar-refractivity contribution in [1.82, 2.24) is 0 Å². The van der Waals surface area contributed by atoms with Crippen LogP contribution in [0, 0.1) is 0 Å². The van der Waals surface area contributed by atoms with Crippen LogP contribution < -0.4 is 0 Å². The maximum Gasteiger partial charge on any atom is 0.164 e. The lowest BCUT2D eigenvalue weighted by Gasteiger charge is -2.30. The molecule has 0 bridgehead atoms. The first-order valence-electron chi connectivity index (χ1n) is 5.45. The first kappa shape index (κ1) is 10.7. The van der Waals surface area contributed by atoms with Crippen LogP contribution in [-0.2, 0) is 4.79 Å². The van der Waals surface area contributed by atoms with Crippen LogP contribution in [0.25, 0.3) is 0 Å². The molecule has 1 rings (SSSR count). The van der Waals surface area contributed by atoms with E-state index in [4.69, 9.17) is 0 Å². The molecule has 0 amide bonds. The number of aliphatic hydroxyl groups is 1. The van der Waals surface area contributed by atoms with Gasteiger partial charge in [-0.3, -0.25) is 4.79 Å². The van der Waals surface area contributed by atoms with Crippen LogP contribution in [0.15, 0.2) is 0 Å². The van der Waals surface area contributed by atoms with Gasteiger partial charge in [0.05, 0.1) is 0 Å². The molecule has 0 aromatic heterocycles. The second kappa shape index (κ2) is 4.75. The Kier molecular flexibility index (Phi) is 3.91. The number of unbranched alkanes of at least 4 members (excludes halogenated alkanes) is 2. The monoisotopic (exact) mass is 184 g/mol. The van der Waals surface area contributed by atoms with Crippen LogP contribution in [0.2, 0.25) is 0 Å². The number of carbonyl (C=O) groups excluding carboxylic acids is 1. The fraction of sp³-hybridized carbons (Fsp3) is 0.909. The van der Waals surface area contributed by atoms with Gasteiger partial charge in [0.15, 0.2) is 5.78 Å². The minimum atomic E-state index is -0.951. The van der Waals surface area contributed by atoms with Crippen LogP contribution >= 0.6 is 0 Å². The van der Waals surface area contributed by atoms with Crippen LogP contribution in [0.3, 0.4) is 0 Å². The van der Waals surface area contributed by atoms with Crippen molar-refractivity contribution in [3.05, 3.63) is 0 Å². The van der Waals surface area contributed by atoms with Crippen LogP contribution in [0.4, 0.5) is 0 Å². The maximum atomic E-state index is 11.5. The highest BCUT2D eigenvalue weighted by Crippen LogP contribution is 2.29. The molecule has 2 heteroatoms. The van der Waals surface area contributed by atoms with Gasteiger partial charge in [-0.15, -0.1) is 0 Å². The summed E-state index contributed by atoms with van der Waals surface area (Å²) in [6, 6.07) is 0. The molecule has 0 spiro atoms. The van der Waals surface area contributed by atoms with Crippen molar-refractivity contribution in [3.8, 4) is 0 Å². The molecular weight excluding hydrogens is 164 g/mol. The summed E-state index contributed by atoms with van der Waals surface area (Å²) in [5.74, 6) is 0.0786. The number of carbonyl (C=O) groups is 1. The average molecular weight is 184 g/mol. The van der Waals surface area contributed by atoms with Gasteiger partial charge in [-0.25, -0.2) is 0 Å². The largest absolute Gasteiger partial charge is 0.382 e. The van der Waals surface area contributed by atoms with Crippen molar-refractivity contribution in [2.75, 3.05) is 0 Å². The summed E-state index contributed by atoms with van der Waals surface area (Å²) >= 11 is 0. The molecule has 0 radical (unpaired) electrons. The van der Waals surface area contributed by atoms with Gasteiger partial charge in [0.2, 0.25) is 0 Å². The van der Waals surface area contributed by atoms with Crippen molar-refractivity contribution >= 4 is 5.78 Å². The molecule has 0 aromatic rings. The van der Waals surface area contributed by atoms with Crippen molar-refractivity contribution in [3.63, 3.8) is 0 Å². The van der Waals surface area contributed by atoms with Crippen molar-refractivity contribution in [2.24, 2.45) is 0 Å². The molecule has 0 aromatic carbocycles. The third kappa shape index (κ3) is 2.80. The number of Topliss-reactive ketones (excluding diaryl/α,β-unsaturated/α-hetero) is 1. The molecule has 1 aliphatic carbocycles. The molecule has 1 unspecified atom stereocenters. The normalized spacial score (nSPS) is 29.2.